The molecule has 0 saturated carbocycles. The summed E-state index contributed by atoms with van der Waals surface area (Å²) in [6.45, 7) is 21.7. The van der Waals surface area contributed by atoms with Crippen molar-refractivity contribution in [2.45, 2.75) is 0 Å². The zero-order valence-corrected chi connectivity index (χ0v) is 67.3. The highest BCUT2D eigenvalue weighted by Crippen LogP contribution is 2.45. The van der Waals surface area contributed by atoms with Gasteiger partial charge in [-0.15, -0.1) is 15.0 Å². The van der Waals surface area contributed by atoms with E-state index in [1.165, 1.54) is 87.9 Å². The number of fused-ring (bicyclic) bond motifs is 11. The molecule has 0 amide bonds. The molecule has 0 spiro atoms. The summed E-state index contributed by atoms with van der Waals surface area (Å²) in [7, 11) is 0. The first-order valence-corrected chi connectivity index (χ1v) is 40.5. The Labute approximate surface area is 725 Å². The van der Waals surface area contributed by atoms with Crippen molar-refractivity contribution in [1.82, 2.24) is 34.5 Å². The minimum Gasteiger partial charge on any atom is -0.370 e. The van der Waals surface area contributed by atoms with E-state index < -0.39 is 0 Å². The van der Waals surface area contributed by atoms with Crippen LogP contribution in [-0.2, 0) is 0 Å². The number of nitriles is 3. The molecule has 0 fully saturated rings. The molecule has 0 aliphatic carbocycles. The second-order valence-electron chi connectivity index (χ2n) is 29.5. The second-order valence-corrected chi connectivity index (χ2v) is 29.5. The zero-order valence-electron chi connectivity index (χ0n) is 67.3. The number of nitrogens with zero attached hydrogens (tertiary/aromatic N) is 16. The fourth-order valence-electron chi connectivity index (χ4n) is 16.3. The fourth-order valence-corrected chi connectivity index (χ4v) is 16.3. The van der Waals surface area contributed by atoms with E-state index in [1.54, 1.807) is 18.2 Å². The monoisotopic (exact) mass is 1610 g/mol. The van der Waals surface area contributed by atoms with Crippen LogP contribution in [-0.4, -0.2) is 34.5 Å². The van der Waals surface area contributed by atoms with Gasteiger partial charge in [0.25, 0.3) is 17.2 Å². The summed E-state index contributed by atoms with van der Waals surface area (Å²) in [4.78, 5) is 41.4. The molecule has 0 aliphatic rings. The lowest BCUT2D eigenvalue weighted by molar-refractivity contribution is 1.18. The Morgan fingerprint density at radius 1 is 0.222 bits per heavy atom. The number of rotatable bonds is 14. The number of hydrogen-bond donors (Lipinski definition) is 0. The minimum atomic E-state index is -0.298. The van der Waals surface area contributed by atoms with Crippen LogP contribution in [0.5, 0.6) is 0 Å². The predicted molar refractivity (Wildman–Crippen MR) is 507 cm³/mol. The summed E-state index contributed by atoms with van der Waals surface area (Å²) in [6.07, 6.45) is 0. The lowest BCUT2D eigenvalue weighted by atomic mass is 10.0. The maximum Gasteiger partial charge on any atom is 0.307 e. The van der Waals surface area contributed by atoms with Crippen LogP contribution >= 0.6 is 0 Å². The average molecular weight is 1610 g/mol. The van der Waals surface area contributed by atoms with Crippen LogP contribution in [0.2, 0.25) is 0 Å². The first-order chi connectivity index (χ1) is 62.2. The van der Waals surface area contributed by atoms with Crippen LogP contribution in [0.3, 0.4) is 0 Å². The average Bonchev–Trinajstić information content (AvgIpc) is 0.846. The number of aromatic nitrogens is 7. The molecule has 4 heterocycles. The third-order valence-electron chi connectivity index (χ3n) is 22.2. The molecule has 0 atom stereocenters. The lowest BCUT2D eigenvalue weighted by Gasteiger charge is -2.27. The summed E-state index contributed by atoms with van der Waals surface area (Å²) in [5.74, 6) is -0.890. The van der Waals surface area contributed by atoms with E-state index in [-0.39, 0.29) is 67.6 Å². The molecule has 0 bridgehead atoms. The summed E-state index contributed by atoms with van der Waals surface area (Å²) in [5, 5.41) is 35.3. The number of para-hydroxylation sites is 4. The molecule has 17 aromatic carbocycles. The molecular weight excluding hydrogens is 1550 g/mol. The number of benzene rings is 17. The minimum absolute atomic E-state index is 0.000622. The molecule has 0 radical (unpaired) electrons. The standard InChI is InChI=1S/C48H34N2.C44H32N2.C18N12/c1-3-11-35(12-4-1)37-19-27-41(28-20-37)49(42-29-21-38(22-30-42)36-13-5-2-6-14-36)43-31-23-39(24-32-43)40-25-33-44(34-26-40)50-47-17-9-7-15-45(47)46-16-8-10-18-48(46)50;1-3-17-37(18-4-1)45(43-23-11-15-35-13-7-9-21-41(35)43)39-29-25-33(26-30-39)34-27-31-40(32-28-34)46(38-19-5-2-6-20-38)44-24-12-16-36-14-8-10-22-42(36)44;1-22-16-9(6-21)27-12-10-11(26-8(5-20)7(4-19)25-10)14-15(13(12)28-16)30-18(24-3)17(23-2)29-14/h1-34H;1-32H;. The second kappa shape index (κ2) is 34.4. The van der Waals surface area contributed by atoms with E-state index in [9.17, 15) is 15.8 Å². The fraction of sp³-hybridized carbons (Fsp3) is 0. The molecule has 21 rings (SSSR count). The zero-order chi connectivity index (χ0) is 85.4. The van der Waals surface area contributed by atoms with Gasteiger partial charge in [0.2, 0.25) is 11.0 Å². The van der Waals surface area contributed by atoms with Gasteiger partial charge in [-0.1, -0.05) is 299 Å². The van der Waals surface area contributed by atoms with Gasteiger partial charge in [-0.25, -0.2) is 15.0 Å². The molecular formula is C110H66N16. The molecule has 0 unspecified atom stereocenters. The Bertz CT molecular complexity index is 7320. The van der Waals surface area contributed by atoms with Crippen molar-refractivity contribution in [2.75, 3.05) is 14.7 Å². The van der Waals surface area contributed by atoms with Gasteiger partial charge in [0.15, 0.2) is 17.1 Å². The van der Waals surface area contributed by atoms with E-state index in [2.05, 4.69) is 464 Å². The first-order valence-electron chi connectivity index (χ1n) is 40.5. The van der Waals surface area contributed by atoms with E-state index in [0.717, 1.165) is 56.9 Å². The molecule has 0 aliphatic heterocycles. The van der Waals surface area contributed by atoms with Crippen LogP contribution in [0.25, 0.3) is 141 Å². The Balaban J connectivity index is 0.000000127. The summed E-state index contributed by atoms with van der Waals surface area (Å²) < 4.78 is 2.36. The molecule has 0 N–H and O–H groups in total. The lowest BCUT2D eigenvalue weighted by Crippen LogP contribution is -2.10. The van der Waals surface area contributed by atoms with Crippen molar-refractivity contribution in [3.63, 3.8) is 0 Å². The topological polar surface area (TPSA) is 176 Å². The summed E-state index contributed by atoms with van der Waals surface area (Å²) in [6, 6.07) is 148. The highest BCUT2D eigenvalue weighted by atomic mass is 15.2. The van der Waals surface area contributed by atoms with Crippen LogP contribution in [0.4, 0.5) is 68.6 Å². The molecule has 0 saturated heterocycles. The number of anilines is 9. The molecule has 586 valence electrons. The molecule has 4 aromatic heterocycles. The van der Waals surface area contributed by atoms with Crippen LogP contribution in [0.1, 0.15) is 17.1 Å². The van der Waals surface area contributed by atoms with Crippen LogP contribution < -0.4 is 14.7 Å². The van der Waals surface area contributed by atoms with E-state index in [1.807, 2.05) is 0 Å². The molecule has 16 heteroatoms. The molecule has 126 heavy (non-hydrogen) atoms. The summed E-state index contributed by atoms with van der Waals surface area (Å²) >= 11 is 0. The highest BCUT2D eigenvalue weighted by Gasteiger charge is 2.29. The Hall–Kier alpha value is -18.6. The normalized spacial score (nSPS) is 10.8. The van der Waals surface area contributed by atoms with Gasteiger partial charge >= 0.3 is 5.82 Å². The van der Waals surface area contributed by atoms with Crippen molar-refractivity contribution in [3.8, 4) is 68.4 Å². The first kappa shape index (κ1) is 77.3. The van der Waals surface area contributed by atoms with Gasteiger partial charge in [0.05, 0.1) is 22.4 Å². The van der Waals surface area contributed by atoms with E-state index in [0.29, 0.717) is 0 Å². The van der Waals surface area contributed by atoms with Crippen molar-refractivity contribution >= 4 is 145 Å². The van der Waals surface area contributed by atoms with Gasteiger partial charge in [0, 0.05) is 67.0 Å². The number of hydrogen-bond acceptors (Lipinski definition) is 12. The quantitative estimate of drug-likeness (QED) is 0.0745. The molecule has 21 aromatic rings. The smallest absolute Gasteiger partial charge is 0.307 e. The Kier molecular flexibility index (Phi) is 21.1. The van der Waals surface area contributed by atoms with E-state index >= 15 is 0 Å². The largest absolute Gasteiger partial charge is 0.370 e. The Morgan fingerprint density at radius 2 is 0.476 bits per heavy atom. The van der Waals surface area contributed by atoms with Crippen LogP contribution in [0, 0.1) is 53.7 Å². The van der Waals surface area contributed by atoms with Gasteiger partial charge in [0.1, 0.15) is 34.8 Å². The van der Waals surface area contributed by atoms with Crippen LogP contribution in [0.15, 0.2) is 400 Å². The van der Waals surface area contributed by atoms with Gasteiger partial charge in [-0.2, -0.15) is 15.8 Å². The predicted octanol–water partition coefficient (Wildman–Crippen LogP) is 28.6. The van der Waals surface area contributed by atoms with Crippen molar-refractivity contribution in [1.29, 1.82) is 15.8 Å². The van der Waals surface area contributed by atoms with E-state index in [4.69, 9.17) is 19.7 Å². The maximum absolute atomic E-state index is 9.30. The van der Waals surface area contributed by atoms with Crippen molar-refractivity contribution < 1.29 is 0 Å². The SMILES string of the molecule is [C-]#[N+]c1nc2c(nc1C#N)c1nc(C#N)c(C#N)nc1c1nc([N+]#[C-])c([N+]#[C-])nc21.c1ccc(-c2ccc(N(c3ccc(-c4ccccc4)cc3)c3ccc(-c4ccc(-n5c6ccccc6c6ccccc65)cc4)cc3)cc2)cc1.c1ccc(N(c2ccc(-c3ccc(N(c4ccccc4)c4cccc5ccccc45)cc3)cc2)c2cccc3ccccc23)cc1. The van der Waals surface area contributed by atoms with Crippen molar-refractivity contribution in [2.24, 2.45) is 0 Å². The van der Waals surface area contributed by atoms with Gasteiger partial charge in [-0.3, -0.25) is 0 Å². The maximum atomic E-state index is 9.30. The molecule has 16 nitrogen and oxygen atoms in total. The highest BCUT2D eigenvalue weighted by molar-refractivity contribution is 6.19. The summed E-state index contributed by atoms with van der Waals surface area (Å²) in [5.41, 5.74) is 22.5. The third-order valence-corrected chi connectivity index (χ3v) is 22.2. The van der Waals surface area contributed by atoms with Gasteiger partial charge < -0.3 is 33.8 Å². The van der Waals surface area contributed by atoms with Gasteiger partial charge in [-0.05, 0) is 177 Å². The Morgan fingerprint density at radius 3 is 0.817 bits per heavy atom. The van der Waals surface area contributed by atoms with Crippen molar-refractivity contribution in [3.05, 3.63) is 452 Å². The third kappa shape index (κ3) is 14.9.